The summed E-state index contributed by atoms with van der Waals surface area (Å²) in [4.78, 5) is 0. The highest BCUT2D eigenvalue weighted by Gasteiger charge is 2.49. The highest BCUT2D eigenvalue weighted by molar-refractivity contribution is 5.04. The van der Waals surface area contributed by atoms with Gasteiger partial charge in [0, 0.05) is 30.7 Å². The van der Waals surface area contributed by atoms with Crippen LogP contribution in [0.2, 0.25) is 0 Å². The topological polar surface area (TPSA) is 30.5 Å². The van der Waals surface area contributed by atoms with Crippen LogP contribution in [0.15, 0.2) is 0 Å². The van der Waals surface area contributed by atoms with Crippen LogP contribution in [-0.4, -0.2) is 37.5 Å². The molecule has 0 radical (unpaired) electrons. The zero-order valence-electron chi connectivity index (χ0n) is 13.2. The molecule has 0 bridgehead atoms. The minimum atomic E-state index is 0.260. The van der Waals surface area contributed by atoms with E-state index in [0.717, 1.165) is 32.5 Å². The van der Waals surface area contributed by atoms with Crippen LogP contribution in [0.3, 0.4) is 0 Å². The van der Waals surface area contributed by atoms with Gasteiger partial charge in [0.2, 0.25) is 0 Å². The lowest BCUT2D eigenvalue weighted by Gasteiger charge is -2.53. The van der Waals surface area contributed by atoms with Crippen molar-refractivity contribution in [3.8, 4) is 0 Å². The van der Waals surface area contributed by atoms with Crippen LogP contribution in [0.4, 0.5) is 0 Å². The van der Waals surface area contributed by atoms with Crippen LogP contribution in [0, 0.1) is 11.3 Å². The molecule has 1 saturated heterocycles. The zero-order valence-corrected chi connectivity index (χ0v) is 13.2. The standard InChI is InChI=1S/C16H31NO2/c1-11(2)10-19-15-9-14(16(15,4)5)17-13-6-7-18-12(3)8-13/h11-15,17H,6-10H2,1-5H3. The third-order valence-corrected chi connectivity index (χ3v) is 4.73. The second-order valence-electron chi connectivity index (χ2n) is 7.39. The first-order valence-corrected chi connectivity index (χ1v) is 7.88. The molecule has 1 heterocycles. The fraction of sp³-hybridized carbons (Fsp3) is 1.00. The molecule has 0 spiro atoms. The van der Waals surface area contributed by atoms with Crippen LogP contribution in [0.1, 0.15) is 53.9 Å². The van der Waals surface area contributed by atoms with E-state index in [1.807, 2.05) is 0 Å². The molecule has 1 saturated carbocycles. The van der Waals surface area contributed by atoms with Crippen molar-refractivity contribution in [2.75, 3.05) is 13.2 Å². The van der Waals surface area contributed by atoms with E-state index in [4.69, 9.17) is 9.47 Å². The van der Waals surface area contributed by atoms with E-state index in [2.05, 4.69) is 39.9 Å². The molecule has 19 heavy (non-hydrogen) atoms. The van der Waals surface area contributed by atoms with Gasteiger partial charge < -0.3 is 14.8 Å². The van der Waals surface area contributed by atoms with Gasteiger partial charge in [-0.3, -0.25) is 0 Å². The van der Waals surface area contributed by atoms with E-state index in [1.165, 1.54) is 0 Å². The van der Waals surface area contributed by atoms with Gasteiger partial charge in [-0.1, -0.05) is 27.7 Å². The molecule has 2 fully saturated rings. The quantitative estimate of drug-likeness (QED) is 0.832. The second-order valence-corrected chi connectivity index (χ2v) is 7.39. The Labute approximate surface area is 118 Å². The van der Waals surface area contributed by atoms with Gasteiger partial charge in [-0.05, 0) is 32.1 Å². The molecule has 2 aliphatic rings. The van der Waals surface area contributed by atoms with Gasteiger partial charge in [0.1, 0.15) is 0 Å². The Kier molecular flexibility index (Phi) is 4.91. The Morgan fingerprint density at radius 2 is 2.05 bits per heavy atom. The fourth-order valence-electron chi connectivity index (χ4n) is 3.19. The van der Waals surface area contributed by atoms with Crippen molar-refractivity contribution in [1.82, 2.24) is 5.32 Å². The second kappa shape index (κ2) is 6.11. The van der Waals surface area contributed by atoms with Gasteiger partial charge >= 0.3 is 0 Å². The van der Waals surface area contributed by atoms with E-state index in [1.54, 1.807) is 0 Å². The average Bonchev–Trinajstić information content (AvgIpc) is 2.32. The van der Waals surface area contributed by atoms with Gasteiger partial charge in [0.25, 0.3) is 0 Å². The van der Waals surface area contributed by atoms with Crippen molar-refractivity contribution in [2.45, 2.75) is 78.2 Å². The third kappa shape index (κ3) is 3.71. The SMILES string of the molecule is CC(C)COC1CC(NC2CCOC(C)C2)C1(C)C. The fourth-order valence-corrected chi connectivity index (χ4v) is 3.19. The van der Waals surface area contributed by atoms with Crippen molar-refractivity contribution < 1.29 is 9.47 Å². The Morgan fingerprint density at radius 1 is 1.32 bits per heavy atom. The number of hydrogen-bond acceptors (Lipinski definition) is 3. The summed E-state index contributed by atoms with van der Waals surface area (Å²) < 4.78 is 11.6. The predicted molar refractivity (Wildman–Crippen MR) is 78.3 cm³/mol. The van der Waals surface area contributed by atoms with Gasteiger partial charge in [-0.25, -0.2) is 0 Å². The molecule has 4 atom stereocenters. The Balaban J connectivity index is 1.77. The summed E-state index contributed by atoms with van der Waals surface area (Å²) in [6.45, 7) is 13.1. The first-order chi connectivity index (χ1) is 8.89. The molecule has 0 aromatic heterocycles. The van der Waals surface area contributed by atoms with E-state index < -0.39 is 0 Å². The molecule has 0 aromatic carbocycles. The lowest BCUT2D eigenvalue weighted by molar-refractivity contribution is -0.129. The normalized spacial score (nSPS) is 38.2. The molecule has 3 nitrogen and oxygen atoms in total. The molecule has 1 aliphatic carbocycles. The third-order valence-electron chi connectivity index (χ3n) is 4.73. The zero-order chi connectivity index (χ0) is 14.0. The molecule has 1 N–H and O–H groups in total. The Morgan fingerprint density at radius 3 is 2.63 bits per heavy atom. The lowest BCUT2D eigenvalue weighted by atomic mass is 9.64. The molecule has 0 amide bonds. The largest absolute Gasteiger partial charge is 0.378 e. The molecule has 4 unspecified atom stereocenters. The van der Waals surface area contributed by atoms with Gasteiger partial charge in [0.05, 0.1) is 12.2 Å². The summed E-state index contributed by atoms with van der Waals surface area (Å²) in [6, 6.07) is 1.22. The minimum absolute atomic E-state index is 0.260. The number of hydrogen-bond donors (Lipinski definition) is 1. The van der Waals surface area contributed by atoms with E-state index in [0.29, 0.717) is 30.2 Å². The van der Waals surface area contributed by atoms with E-state index >= 15 is 0 Å². The van der Waals surface area contributed by atoms with Gasteiger partial charge in [0.15, 0.2) is 0 Å². The lowest BCUT2D eigenvalue weighted by Crippen LogP contribution is -2.63. The van der Waals surface area contributed by atoms with Crippen molar-refractivity contribution in [2.24, 2.45) is 11.3 Å². The monoisotopic (exact) mass is 269 g/mol. The minimum Gasteiger partial charge on any atom is -0.378 e. The maximum Gasteiger partial charge on any atom is 0.0656 e. The molecular weight excluding hydrogens is 238 g/mol. The van der Waals surface area contributed by atoms with Crippen LogP contribution in [0.5, 0.6) is 0 Å². The number of nitrogens with one attached hydrogen (secondary N) is 1. The van der Waals surface area contributed by atoms with Crippen LogP contribution < -0.4 is 5.32 Å². The maximum atomic E-state index is 6.03. The van der Waals surface area contributed by atoms with Crippen molar-refractivity contribution in [3.05, 3.63) is 0 Å². The number of ether oxygens (including phenoxy) is 2. The molecule has 2 rings (SSSR count). The first kappa shape index (κ1) is 15.3. The summed E-state index contributed by atoms with van der Waals surface area (Å²) in [6.07, 6.45) is 4.27. The van der Waals surface area contributed by atoms with Crippen LogP contribution >= 0.6 is 0 Å². The molecule has 0 aromatic rings. The summed E-state index contributed by atoms with van der Waals surface area (Å²) in [7, 11) is 0. The van der Waals surface area contributed by atoms with E-state index in [9.17, 15) is 0 Å². The van der Waals surface area contributed by atoms with Gasteiger partial charge in [-0.2, -0.15) is 0 Å². The highest BCUT2D eigenvalue weighted by Crippen LogP contribution is 2.43. The Bertz CT molecular complexity index is 290. The van der Waals surface area contributed by atoms with Crippen LogP contribution in [-0.2, 0) is 9.47 Å². The highest BCUT2D eigenvalue weighted by atomic mass is 16.5. The summed E-state index contributed by atoms with van der Waals surface area (Å²) in [5.41, 5.74) is 0.260. The smallest absolute Gasteiger partial charge is 0.0656 e. The van der Waals surface area contributed by atoms with E-state index in [-0.39, 0.29) is 5.41 Å². The summed E-state index contributed by atoms with van der Waals surface area (Å²) in [5, 5.41) is 3.83. The first-order valence-electron chi connectivity index (χ1n) is 7.88. The van der Waals surface area contributed by atoms with Crippen LogP contribution in [0.25, 0.3) is 0 Å². The molecule has 3 heteroatoms. The molecular formula is C16H31NO2. The number of rotatable bonds is 5. The summed E-state index contributed by atoms with van der Waals surface area (Å²) >= 11 is 0. The van der Waals surface area contributed by atoms with Crippen molar-refractivity contribution in [3.63, 3.8) is 0 Å². The summed E-state index contributed by atoms with van der Waals surface area (Å²) in [5.74, 6) is 0.624. The van der Waals surface area contributed by atoms with Crippen molar-refractivity contribution >= 4 is 0 Å². The molecule has 1 aliphatic heterocycles. The Hall–Kier alpha value is -0.120. The molecule has 112 valence electrons. The maximum absolute atomic E-state index is 6.03. The average molecular weight is 269 g/mol. The predicted octanol–water partition coefficient (Wildman–Crippen LogP) is 2.98. The van der Waals surface area contributed by atoms with Gasteiger partial charge in [-0.15, -0.1) is 0 Å². The van der Waals surface area contributed by atoms with Crippen molar-refractivity contribution in [1.29, 1.82) is 0 Å².